The molecule has 0 aromatic rings. The van der Waals surface area contributed by atoms with E-state index >= 15 is 0 Å². The lowest BCUT2D eigenvalue weighted by atomic mass is 10.2. The van der Waals surface area contributed by atoms with Crippen molar-refractivity contribution in [2.24, 2.45) is 0 Å². The van der Waals surface area contributed by atoms with Gasteiger partial charge in [0.2, 0.25) is 0 Å². The van der Waals surface area contributed by atoms with Crippen LogP contribution >= 0.6 is 0 Å². The molecule has 1 fully saturated rings. The zero-order chi connectivity index (χ0) is 5.98. The Bertz CT molecular complexity index is 101. The first kappa shape index (κ1) is 5.79. The van der Waals surface area contributed by atoms with Gasteiger partial charge in [0.15, 0.2) is 0 Å². The lowest BCUT2D eigenvalue weighted by molar-refractivity contribution is 0.256. The highest BCUT2D eigenvalue weighted by atomic mass is 16.3. The molecular weight excluding hydrogens is 102 g/mol. The molecule has 2 heteroatoms. The molecule has 1 aliphatic rings. The van der Waals surface area contributed by atoms with Gasteiger partial charge in [-0.2, -0.15) is 0 Å². The van der Waals surface area contributed by atoms with E-state index in [0.29, 0.717) is 0 Å². The molecule has 0 aromatic carbocycles. The third-order valence-electron chi connectivity index (χ3n) is 1.40. The standard InChI is InChI=1S/C6H11NO/c1-5-2-6(4-8)7-3-5/h6-8H,1-4H2/t6-/m1/s1. The molecule has 0 bridgehead atoms. The van der Waals surface area contributed by atoms with Crippen molar-refractivity contribution in [3.63, 3.8) is 0 Å². The summed E-state index contributed by atoms with van der Waals surface area (Å²) < 4.78 is 0. The first-order valence-electron chi connectivity index (χ1n) is 2.84. The van der Waals surface area contributed by atoms with E-state index in [0.717, 1.165) is 13.0 Å². The highest BCUT2D eigenvalue weighted by Crippen LogP contribution is 2.08. The minimum absolute atomic E-state index is 0.235. The summed E-state index contributed by atoms with van der Waals surface area (Å²) in [6.07, 6.45) is 0.941. The topological polar surface area (TPSA) is 32.3 Å². The summed E-state index contributed by atoms with van der Waals surface area (Å²) in [5.41, 5.74) is 1.20. The van der Waals surface area contributed by atoms with E-state index in [-0.39, 0.29) is 12.6 Å². The van der Waals surface area contributed by atoms with Crippen molar-refractivity contribution in [2.45, 2.75) is 12.5 Å². The van der Waals surface area contributed by atoms with E-state index < -0.39 is 0 Å². The number of aliphatic hydroxyl groups is 1. The first-order valence-corrected chi connectivity index (χ1v) is 2.84. The second kappa shape index (κ2) is 2.29. The van der Waals surface area contributed by atoms with Crippen LogP contribution < -0.4 is 5.32 Å². The van der Waals surface area contributed by atoms with Gasteiger partial charge in [-0.15, -0.1) is 0 Å². The van der Waals surface area contributed by atoms with Crippen molar-refractivity contribution in [1.29, 1.82) is 0 Å². The van der Waals surface area contributed by atoms with Crippen LogP contribution in [0.4, 0.5) is 0 Å². The summed E-state index contributed by atoms with van der Waals surface area (Å²) in [7, 11) is 0. The van der Waals surface area contributed by atoms with Gasteiger partial charge in [0.05, 0.1) is 6.61 Å². The minimum atomic E-state index is 0.235. The fourth-order valence-electron chi connectivity index (χ4n) is 0.911. The molecule has 1 aliphatic heterocycles. The van der Waals surface area contributed by atoms with Crippen molar-refractivity contribution in [3.8, 4) is 0 Å². The predicted octanol–water partition coefficient (Wildman–Crippen LogP) is -0.103. The van der Waals surface area contributed by atoms with E-state index in [4.69, 9.17) is 5.11 Å². The van der Waals surface area contributed by atoms with Crippen molar-refractivity contribution in [3.05, 3.63) is 12.2 Å². The Hall–Kier alpha value is -0.340. The van der Waals surface area contributed by atoms with Crippen LogP contribution in [0.1, 0.15) is 6.42 Å². The van der Waals surface area contributed by atoms with Gasteiger partial charge < -0.3 is 10.4 Å². The molecule has 0 aliphatic carbocycles. The zero-order valence-corrected chi connectivity index (χ0v) is 4.85. The molecule has 1 saturated heterocycles. The van der Waals surface area contributed by atoms with Gasteiger partial charge in [0.1, 0.15) is 0 Å². The average molecular weight is 113 g/mol. The summed E-state index contributed by atoms with van der Waals surface area (Å²) in [6.45, 7) is 4.89. The zero-order valence-electron chi connectivity index (χ0n) is 4.85. The number of aliphatic hydroxyl groups excluding tert-OH is 1. The van der Waals surface area contributed by atoms with E-state index in [1.807, 2.05) is 0 Å². The first-order chi connectivity index (χ1) is 3.83. The fourth-order valence-corrected chi connectivity index (χ4v) is 0.911. The second-order valence-corrected chi connectivity index (χ2v) is 2.21. The van der Waals surface area contributed by atoms with Gasteiger partial charge in [-0.3, -0.25) is 0 Å². The summed E-state index contributed by atoms with van der Waals surface area (Å²) in [5, 5.41) is 11.7. The Balaban J connectivity index is 2.32. The molecule has 0 saturated carbocycles. The smallest absolute Gasteiger partial charge is 0.0587 e. The van der Waals surface area contributed by atoms with Gasteiger partial charge in [0, 0.05) is 12.6 Å². The van der Waals surface area contributed by atoms with E-state index in [1.165, 1.54) is 5.57 Å². The third-order valence-corrected chi connectivity index (χ3v) is 1.40. The quantitative estimate of drug-likeness (QED) is 0.465. The van der Waals surface area contributed by atoms with Crippen LogP contribution in [-0.2, 0) is 0 Å². The molecule has 2 N–H and O–H groups in total. The van der Waals surface area contributed by atoms with Crippen LogP contribution in [0.15, 0.2) is 12.2 Å². The lowest BCUT2D eigenvalue weighted by Gasteiger charge is -2.01. The molecule has 0 spiro atoms. The normalized spacial score (nSPS) is 29.1. The van der Waals surface area contributed by atoms with Crippen LogP contribution in [0.5, 0.6) is 0 Å². The summed E-state index contributed by atoms with van der Waals surface area (Å²) in [5.74, 6) is 0. The van der Waals surface area contributed by atoms with Crippen molar-refractivity contribution in [1.82, 2.24) is 5.32 Å². The molecule has 2 nitrogen and oxygen atoms in total. The van der Waals surface area contributed by atoms with Gasteiger partial charge in [0.25, 0.3) is 0 Å². The molecule has 0 unspecified atom stereocenters. The predicted molar refractivity (Wildman–Crippen MR) is 32.6 cm³/mol. The van der Waals surface area contributed by atoms with Crippen molar-refractivity contribution >= 4 is 0 Å². The molecule has 0 aromatic heterocycles. The van der Waals surface area contributed by atoms with Crippen LogP contribution in [0, 0.1) is 0 Å². The van der Waals surface area contributed by atoms with Gasteiger partial charge in [-0.05, 0) is 6.42 Å². The van der Waals surface area contributed by atoms with Crippen molar-refractivity contribution in [2.75, 3.05) is 13.2 Å². The third kappa shape index (κ3) is 1.08. The SMILES string of the molecule is C=C1CN[C@@H](CO)C1. The molecule has 1 atom stereocenters. The van der Waals surface area contributed by atoms with E-state index in [9.17, 15) is 0 Å². The largest absolute Gasteiger partial charge is 0.395 e. The minimum Gasteiger partial charge on any atom is -0.395 e. The summed E-state index contributed by atoms with van der Waals surface area (Å²) >= 11 is 0. The Morgan fingerprint density at radius 3 is 2.88 bits per heavy atom. The number of rotatable bonds is 1. The Labute approximate surface area is 49.2 Å². The summed E-state index contributed by atoms with van der Waals surface area (Å²) in [6, 6.07) is 0.280. The molecular formula is C6H11NO. The van der Waals surface area contributed by atoms with E-state index in [1.54, 1.807) is 0 Å². The molecule has 0 amide bonds. The fraction of sp³-hybridized carbons (Fsp3) is 0.667. The van der Waals surface area contributed by atoms with Gasteiger partial charge >= 0.3 is 0 Å². The van der Waals surface area contributed by atoms with Crippen LogP contribution in [0.25, 0.3) is 0 Å². The molecule has 1 rings (SSSR count). The Morgan fingerprint density at radius 1 is 1.88 bits per heavy atom. The number of nitrogens with one attached hydrogen (secondary N) is 1. The number of hydrogen-bond donors (Lipinski definition) is 2. The van der Waals surface area contributed by atoms with Gasteiger partial charge in [-0.1, -0.05) is 12.2 Å². The van der Waals surface area contributed by atoms with E-state index in [2.05, 4.69) is 11.9 Å². The van der Waals surface area contributed by atoms with Crippen LogP contribution in [-0.4, -0.2) is 24.3 Å². The second-order valence-electron chi connectivity index (χ2n) is 2.21. The number of hydrogen-bond acceptors (Lipinski definition) is 2. The molecule has 0 radical (unpaired) electrons. The highest BCUT2D eigenvalue weighted by molar-refractivity contribution is 5.06. The molecule has 46 valence electrons. The maximum atomic E-state index is 8.58. The van der Waals surface area contributed by atoms with Crippen LogP contribution in [0.2, 0.25) is 0 Å². The van der Waals surface area contributed by atoms with Gasteiger partial charge in [-0.25, -0.2) is 0 Å². The van der Waals surface area contributed by atoms with Crippen molar-refractivity contribution < 1.29 is 5.11 Å². The Kier molecular flexibility index (Phi) is 1.65. The average Bonchev–Trinajstić information content (AvgIpc) is 2.14. The lowest BCUT2D eigenvalue weighted by Crippen LogP contribution is -2.24. The molecule has 8 heavy (non-hydrogen) atoms. The highest BCUT2D eigenvalue weighted by Gasteiger charge is 2.14. The van der Waals surface area contributed by atoms with Crippen LogP contribution in [0.3, 0.4) is 0 Å². The monoisotopic (exact) mass is 113 g/mol. The summed E-state index contributed by atoms with van der Waals surface area (Å²) in [4.78, 5) is 0. The maximum absolute atomic E-state index is 8.58. The maximum Gasteiger partial charge on any atom is 0.0587 e. The Morgan fingerprint density at radius 2 is 2.62 bits per heavy atom. The molecule has 1 heterocycles.